The Labute approximate surface area is 91.2 Å². The van der Waals surface area contributed by atoms with Crippen molar-refractivity contribution in [1.82, 2.24) is 0 Å². The van der Waals surface area contributed by atoms with Gasteiger partial charge in [0.15, 0.2) is 11.5 Å². The number of rotatable bonds is 4. The van der Waals surface area contributed by atoms with Crippen molar-refractivity contribution in [3.8, 4) is 11.5 Å². The van der Waals surface area contributed by atoms with Crippen LogP contribution in [0.3, 0.4) is 0 Å². The molecule has 0 fully saturated rings. The fraction of sp³-hybridized carbons (Fsp3) is 0.500. The lowest BCUT2D eigenvalue weighted by Crippen LogP contribution is -2.31. The molecule has 0 amide bonds. The van der Waals surface area contributed by atoms with Crippen LogP contribution in [0.25, 0.3) is 0 Å². The summed E-state index contributed by atoms with van der Waals surface area (Å²) in [6.45, 7) is 4.07. The summed E-state index contributed by atoms with van der Waals surface area (Å²) in [5, 5.41) is 0. The quantitative estimate of drug-likeness (QED) is 0.827. The maximum Gasteiger partial charge on any atom is 0.161 e. The van der Waals surface area contributed by atoms with E-state index in [0.717, 1.165) is 23.5 Å². The third-order valence-corrected chi connectivity index (χ3v) is 2.78. The Hall–Kier alpha value is -1.22. The standard InChI is InChI=1S/C12H19NO2/c1-5-12(2,13)9-6-7-10(14-3)11(8-9)15-4/h6-8H,5,13H2,1-4H3. The number of methoxy groups -OCH3 is 2. The molecule has 0 spiro atoms. The Bertz CT molecular complexity index is 334. The fourth-order valence-electron chi connectivity index (χ4n) is 1.40. The van der Waals surface area contributed by atoms with Gasteiger partial charge in [0.25, 0.3) is 0 Å². The van der Waals surface area contributed by atoms with E-state index in [1.54, 1.807) is 14.2 Å². The van der Waals surface area contributed by atoms with E-state index in [0.29, 0.717) is 0 Å². The molecule has 1 atom stereocenters. The zero-order chi connectivity index (χ0) is 11.5. The van der Waals surface area contributed by atoms with Crippen LogP contribution in [0.15, 0.2) is 18.2 Å². The number of hydrogen-bond donors (Lipinski definition) is 1. The molecule has 0 bridgehead atoms. The van der Waals surface area contributed by atoms with E-state index in [2.05, 4.69) is 6.92 Å². The van der Waals surface area contributed by atoms with Gasteiger partial charge in [-0.15, -0.1) is 0 Å². The molecule has 3 heteroatoms. The zero-order valence-corrected chi connectivity index (χ0v) is 9.83. The minimum absolute atomic E-state index is 0.320. The van der Waals surface area contributed by atoms with Crippen molar-refractivity contribution in [1.29, 1.82) is 0 Å². The van der Waals surface area contributed by atoms with Crippen molar-refractivity contribution >= 4 is 0 Å². The average molecular weight is 209 g/mol. The highest BCUT2D eigenvalue weighted by Crippen LogP contribution is 2.32. The van der Waals surface area contributed by atoms with Crippen molar-refractivity contribution in [2.75, 3.05) is 14.2 Å². The molecule has 0 radical (unpaired) electrons. The molecular formula is C12H19NO2. The van der Waals surface area contributed by atoms with Gasteiger partial charge in [-0.2, -0.15) is 0 Å². The summed E-state index contributed by atoms with van der Waals surface area (Å²) >= 11 is 0. The van der Waals surface area contributed by atoms with E-state index < -0.39 is 0 Å². The first kappa shape index (κ1) is 11.9. The van der Waals surface area contributed by atoms with E-state index in [1.807, 2.05) is 25.1 Å². The fourth-order valence-corrected chi connectivity index (χ4v) is 1.40. The SMILES string of the molecule is CCC(C)(N)c1ccc(OC)c(OC)c1. The molecule has 0 saturated heterocycles. The predicted molar refractivity (Wildman–Crippen MR) is 61.4 cm³/mol. The number of hydrogen-bond acceptors (Lipinski definition) is 3. The predicted octanol–water partition coefficient (Wildman–Crippen LogP) is 2.29. The smallest absolute Gasteiger partial charge is 0.161 e. The highest BCUT2D eigenvalue weighted by Gasteiger charge is 2.20. The highest BCUT2D eigenvalue weighted by molar-refractivity contribution is 5.44. The van der Waals surface area contributed by atoms with Gasteiger partial charge in [-0.25, -0.2) is 0 Å². The van der Waals surface area contributed by atoms with Gasteiger partial charge in [0.1, 0.15) is 0 Å². The number of nitrogens with two attached hydrogens (primary N) is 1. The first-order valence-electron chi connectivity index (χ1n) is 5.06. The molecule has 1 aromatic carbocycles. The van der Waals surface area contributed by atoms with Crippen LogP contribution >= 0.6 is 0 Å². The van der Waals surface area contributed by atoms with E-state index in [1.165, 1.54) is 0 Å². The third-order valence-electron chi connectivity index (χ3n) is 2.78. The van der Waals surface area contributed by atoms with Crippen molar-refractivity contribution < 1.29 is 9.47 Å². The molecule has 1 unspecified atom stereocenters. The summed E-state index contributed by atoms with van der Waals surface area (Å²) in [5.41, 5.74) is 6.89. The summed E-state index contributed by atoms with van der Waals surface area (Å²) in [6.07, 6.45) is 0.877. The molecule has 84 valence electrons. The van der Waals surface area contributed by atoms with E-state index in [-0.39, 0.29) is 5.54 Å². The Morgan fingerprint density at radius 2 is 1.80 bits per heavy atom. The van der Waals surface area contributed by atoms with Crippen molar-refractivity contribution in [3.63, 3.8) is 0 Å². The second-order valence-electron chi connectivity index (χ2n) is 3.84. The van der Waals surface area contributed by atoms with Gasteiger partial charge < -0.3 is 15.2 Å². The lowest BCUT2D eigenvalue weighted by molar-refractivity contribution is 0.352. The summed E-state index contributed by atoms with van der Waals surface area (Å²) < 4.78 is 10.4. The summed E-state index contributed by atoms with van der Waals surface area (Å²) in [6, 6.07) is 5.79. The van der Waals surface area contributed by atoms with Crippen LogP contribution < -0.4 is 15.2 Å². The molecule has 0 aliphatic heterocycles. The van der Waals surface area contributed by atoms with Gasteiger partial charge in [0.2, 0.25) is 0 Å². The number of ether oxygens (including phenoxy) is 2. The van der Waals surface area contributed by atoms with E-state index in [4.69, 9.17) is 15.2 Å². The molecular weight excluding hydrogens is 190 g/mol. The molecule has 3 nitrogen and oxygen atoms in total. The van der Waals surface area contributed by atoms with Crippen LogP contribution in [0.1, 0.15) is 25.8 Å². The molecule has 0 aliphatic carbocycles. The van der Waals surface area contributed by atoms with Gasteiger partial charge >= 0.3 is 0 Å². The van der Waals surface area contributed by atoms with E-state index >= 15 is 0 Å². The lowest BCUT2D eigenvalue weighted by atomic mass is 9.90. The molecule has 0 aliphatic rings. The van der Waals surface area contributed by atoms with Crippen LogP contribution in [0, 0.1) is 0 Å². The second kappa shape index (κ2) is 4.53. The van der Waals surface area contributed by atoms with Gasteiger partial charge in [0, 0.05) is 5.54 Å². The molecule has 2 N–H and O–H groups in total. The molecule has 15 heavy (non-hydrogen) atoms. The Balaban J connectivity index is 3.13. The van der Waals surface area contributed by atoms with Crippen LogP contribution in [0.2, 0.25) is 0 Å². The van der Waals surface area contributed by atoms with Crippen molar-refractivity contribution in [2.45, 2.75) is 25.8 Å². The summed E-state index contributed by atoms with van der Waals surface area (Å²) in [4.78, 5) is 0. The lowest BCUT2D eigenvalue weighted by Gasteiger charge is -2.24. The molecule has 0 heterocycles. The van der Waals surface area contributed by atoms with Gasteiger partial charge in [-0.1, -0.05) is 13.0 Å². The van der Waals surface area contributed by atoms with Gasteiger partial charge in [-0.3, -0.25) is 0 Å². The molecule has 1 aromatic rings. The van der Waals surface area contributed by atoms with Crippen LogP contribution in [0.4, 0.5) is 0 Å². The van der Waals surface area contributed by atoms with Crippen LogP contribution in [0.5, 0.6) is 11.5 Å². The Kier molecular flexibility index (Phi) is 3.58. The minimum atomic E-state index is -0.320. The summed E-state index contributed by atoms with van der Waals surface area (Å²) in [5.74, 6) is 1.45. The topological polar surface area (TPSA) is 44.5 Å². The maximum atomic E-state index is 6.16. The largest absolute Gasteiger partial charge is 0.493 e. The molecule has 1 rings (SSSR count). The van der Waals surface area contributed by atoms with E-state index in [9.17, 15) is 0 Å². The average Bonchev–Trinajstić information content (AvgIpc) is 2.28. The first-order valence-corrected chi connectivity index (χ1v) is 5.06. The third kappa shape index (κ3) is 2.42. The monoisotopic (exact) mass is 209 g/mol. The minimum Gasteiger partial charge on any atom is -0.493 e. The second-order valence-corrected chi connectivity index (χ2v) is 3.84. The van der Waals surface area contributed by atoms with Crippen molar-refractivity contribution in [2.24, 2.45) is 5.73 Å². The maximum absolute atomic E-state index is 6.16. The van der Waals surface area contributed by atoms with Gasteiger partial charge in [-0.05, 0) is 31.0 Å². The normalized spacial score (nSPS) is 14.5. The summed E-state index contributed by atoms with van der Waals surface area (Å²) in [7, 11) is 3.25. The van der Waals surface area contributed by atoms with Gasteiger partial charge in [0.05, 0.1) is 14.2 Å². The first-order chi connectivity index (χ1) is 7.05. The highest BCUT2D eigenvalue weighted by atomic mass is 16.5. The van der Waals surface area contributed by atoms with Crippen LogP contribution in [-0.2, 0) is 5.54 Å². The Morgan fingerprint density at radius 1 is 1.20 bits per heavy atom. The number of benzene rings is 1. The molecule has 0 saturated carbocycles. The van der Waals surface area contributed by atoms with Crippen molar-refractivity contribution in [3.05, 3.63) is 23.8 Å². The Morgan fingerprint density at radius 3 is 2.27 bits per heavy atom. The zero-order valence-electron chi connectivity index (χ0n) is 9.83. The van der Waals surface area contributed by atoms with Crippen LogP contribution in [-0.4, -0.2) is 14.2 Å². The molecule has 0 aromatic heterocycles.